The molecule has 0 saturated carbocycles. The van der Waals surface area contributed by atoms with E-state index in [4.69, 9.17) is 14.2 Å². The third-order valence-corrected chi connectivity index (χ3v) is 3.13. The second-order valence-electron chi connectivity index (χ2n) is 4.71. The molecule has 0 heterocycles. The number of anilines is 1. The van der Waals surface area contributed by atoms with E-state index in [0.717, 1.165) is 12.2 Å². The van der Waals surface area contributed by atoms with Gasteiger partial charge in [0, 0.05) is 19.3 Å². The van der Waals surface area contributed by atoms with Gasteiger partial charge in [-0.05, 0) is 22.9 Å². The molecule has 2 aromatic rings. The minimum absolute atomic E-state index is 0.610. The zero-order valence-corrected chi connectivity index (χ0v) is 12.5. The quantitative estimate of drug-likeness (QED) is 0.683. The summed E-state index contributed by atoms with van der Waals surface area (Å²) in [5.41, 5.74) is 1.12. The van der Waals surface area contributed by atoms with Gasteiger partial charge < -0.3 is 19.5 Å². The molecule has 0 radical (unpaired) electrons. The Balaban J connectivity index is 1.59. The van der Waals surface area contributed by atoms with Crippen molar-refractivity contribution in [3.05, 3.63) is 42.5 Å². The SMILES string of the molecule is COCCOCCOCCNc1ccc2ccccc2c1. The van der Waals surface area contributed by atoms with Crippen LogP contribution in [0.15, 0.2) is 42.5 Å². The third kappa shape index (κ3) is 5.71. The van der Waals surface area contributed by atoms with Crippen LogP contribution in [0, 0.1) is 0 Å². The smallest absolute Gasteiger partial charge is 0.0701 e. The predicted octanol–water partition coefficient (Wildman–Crippen LogP) is 2.93. The maximum Gasteiger partial charge on any atom is 0.0701 e. The van der Waals surface area contributed by atoms with Gasteiger partial charge in [0.25, 0.3) is 0 Å². The molecular formula is C17H23NO3. The third-order valence-electron chi connectivity index (χ3n) is 3.13. The van der Waals surface area contributed by atoms with E-state index < -0.39 is 0 Å². The number of ether oxygens (including phenoxy) is 3. The van der Waals surface area contributed by atoms with Gasteiger partial charge in [-0.3, -0.25) is 0 Å². The lowest BCUT2D eigenvalue weighted by Gasteiger charge is -2.09. The predicted molar refractivity (Wildman–Crippen MR) is 86.0 cm³/mol. The summed E-state index contributed by atoms with van der Waals surface area (Å²) in [5, 5.41) is 5.86. The first-order valence-corrected chi connectivity index (χ1v) is 7.27. The standard InChI is InChI=1S/C17H23NO3/c1-19-10-11-21-13-12-20-9-8-18-17-7-6-15-4-2-3-5-16(15)14-17/h2-7,14,18H,8-13H2,1H3. The monoisotopic (exact) mass is 289 g/mol. The lowest BCUT2D eigenvalue weighted by molar-refractivity contribution is 0.0272. The molecule has 1 N–H and O–H groups in total. The molecule has 2 aromatic carbocycles. The Morgan fingerprint density at radius 3 is 2.33 bits per heavy atom. The fourth-order valence-electron chi connectivity index (χ4n) is 2.03. The minimum atomic E-state index is 0.610. The van der Waals surface area contributed by atoms with Gasteiger partial charge in [-0.2, -0.15) is 0 Å². The number of nitrogens with one attached hydrogen (secondary N) is 1. The first-order chi connectivity index (χ1) is 10.4. The van der Waals surface area contributed by atoms with Gasteiger partial charge in [0.2, 0.25) is 0 Å². The van der Waals surface area contributed by atoms with Gasteiger partial charge in [0.05, 0.1) is 33.0 Å². The highest BCUT2D eigenvalue weighted by Gasteiger charge is 1.96. The maximum absolute atomic E-state index is 5.49. The van der Waals surface area contributed by atoms with Crippen LogP contribution in [0.4, 0.5) is 5.69 Å². The second kappa shape index (κ2) is 9.34. The molecule has 4 nitrogen and oxygen atoms in total. The lowest BCUT2D eigenvalue weighted by atomic mass is 10.1. The van der Waals surface area contributed by atoms with Gasteiger partial charge in [-0.15, -0.1) is 0 Å². The van der Waals surface area contributed by atoms with Crippen molar-refractivity contribution < 1.29 is 14.2 Å². The van der Waals surface area contributed by atoms with Crippen molar-refractivity contribution in [2.45, 2.75) is 0 Å². The Morgan fingerprint density at radius 1 is 0.810 bits per heavy atom. The van der Waals surface area contributed by atoms with Gasteiger partial charge in [0.1, 0.15) is 0 Å². The molecule has 0 atom stereocenters. The molecule has 4 heteroatoms. The van der Waals surface area contributed by atoms with Crippen LogP contribution in [-0.2, 0) is 14.2 Å². The van der Waals surface area contributed by atoms with Crippen LogP contribution in [0.25, 0.3) is 10.8 Å². The van der Waals surface area contributed by atoms with Gasteiger partial charge in [-0.25, -0.2) is 0 Å². The Bertz CT molecular complexity index is 530. The Hall–Kier alpha value is -1.62. The van der Waals surface area contributed by atoms with Crippen LogP contribution in [-0.4, -0.2) is 46.7 Å². The minimum Gasteiger partial charge on any atom is -0.383 e. The molecular weight excluding hydrogens is 266 g/mol. The summed E-state index contributed by atoms with van der Waals surface area (Å²) in [6.07, 6.45) is 0. The number of benzene rings is 2. The summed E-state index contributed by atoms with van der Waals surface area (Å²) in [4.78, 5) is 0. The molecule has 21 heavy (non-hydrogen) atoms. The molecule has 0 amide bonds. The van der Waals surface area contributed by atoms with Crippen molar-refractivity contribution in [1.82, 2.24) is 0 Å². The molecule has 0 aliphatic carbocycles. The molecule has 0 aliphatic heterocycles. The zero-order valence-electron chi connectivity index (χ0n) is 12.5. The maximum atomic E-state index is 5.49. The van der Waals surface area contributed by atoms with E-state index in [1.165, 1.54) is 10.8 Å². The number of rotatable bonds is 10. The van der Waals surface area contributed by atoms with E-state index in [1.54, 1.807) is 7.11 Å². The Morgan fingerprint density at radius 2 is 1.52 bits per heavy atom. The number of methoxy groups -OCH3 is 1. The molecule has 0 bridgehead atoms. The number of hydrogen-bond acceptors (Lipinski definition) is 4. The summed E-state index contributed by atoms with van der Waals surface area (Å²) in [6, 6.07) is 14.7. The van der Waals surface area contributed by atoms with E-state index in [1.807, 2.05) is 0 Å². The van der Waals surface area contributed by atoms with Crippen molar-refractivity contribution in [2.24, 2.45) is 0 Å². The van der Waals surface area contributed by atoms with Crippen molar-refractivity contribution in [2.75, 3.05) is 52.0 Å². The Labute approximate surface area is 126 Å². The second-order valence-corrected chi connectivity index (χ2v) is 4.71. The highest BCUT2D eigenvalue weighted by atomic mass is 16.5. The average molecular weight is 289 g/mol. The summed E-state index contributed by atoms with van der Waals surface area (Å²) in [6.45, 7) is 3.93. The summed E-state index contributed by atoms with van der Waals surface area (Å²) in [5.74, 6) is 0. The average Bonchev–Trinajstić information content (AvgIpc) is 2.53. The molecule has 2 rings (SSSR count). The van der Waals surface area contributed by atoms with Crippen LogP contribution in [0.2, 0.25) is 0 Å². The fourth-order valence-corrected chi connectivity index (χ4v) is 2.03. The Kier molecular flexibility index (Phi) is 7.01. The zero-order chi connectivity index (χ0) is 14.8. The number of fused-ring (bicyclic) bond motifs is 1. The van der Waals surface area contributed by atoms with E-state index in [9.17, 15) is 0 Å². The van der Waals surface area contributed by atoms with Crippen molar-refractivity contribution in [3.8, 4) is 0 Å². The van der Waals surface area contributed by atoms with Gasteiger partial charge in [0.15, 0.2) is 0 Å². The molecule has 0 fully saturated rings. The van der Waals surface area contributed by atoms with Crippen molar-refractivity contribution in [1.29, 1.82) is 0 Å². The van der Waals surface area contributed by atoms with E-state index in [0.29, 0.717) is 33.0 Å². The van der Waals surface area contributed by atoms with Gasteiger partial charge >= 0.3 is 0 Å². The van der Waals surface area contributed by atoms with Crippen LogP contribution >= 0.6 is 0 Å². The van der Waals surface area contributed by atoms with Crippen LogP contribution in [0.1, 0.15) is 0 Å². The highest BCUT2D eigenvalue weighted by Crippen LogP contribution is 2.18. The molecule has 0 aliphatic rings. The largest absolute Gasteiger partial charge is 0.383 e. The summed E-state index contributed by atoms with van der Waals surface area (Å²) >= 11 is 0. The first kappa shape index (κ1) is 15.8. The summed E-state index contributed by atoms with van der Waals surface area (Å²) in [7, 11) is 1.66. The number of hydrogen-bond donors (Lipinski definition) is 1. The van der Waals surface area contributed by atoms with Crippen molar-refractivity contribution >= 4 is 16.5 Å². The molecule has 0 spiro atoms. The van der Waals surface area contributed by atoms with Crippen molar-refractivity contribution in [3.63, 3.8) is 0 Å². The fraction of sp³-hybridized carbons (Fsp3) is 0.412. The summed E-state index contributed by atoms with van der Waals surface area (Å²) < 4.78 is 15.7. The lowest BCUT2D eigenvalue weighted by Crippen LogP contribution is -2.13. The molecule has 0 unspecified atom stereocenters. The molecule has 114 valence electrons. The highest BCUT2D eigenvalue weighted by molar-refractivity contribution is 5.85. The topological polar surface area (TPSA) is 39.7 Å². The van der Waals surface area contributed by atoms with E-state index in [-0.39, 0.29) is 0 Å². The van der Waals surface area contributed by atoms with Crippen LogP contribution < -0.4 is 5.32 Å². The first-order valence-electron chi connectivity index (χ1n) is 7.27. The molecule has 0 aromatic heterocycles. The van der Waals surface area contributed by atoms with Crippen LogP contribution in [0.5, 0.6) is 0 Å². The normalized spacial score (nSPS) is 10.9. The van der Waals surface area contributed by atoms with E-state index in [2.05, 4.69) is 47.8 Å². The van der Waals surface area contributed by atoms with E-state index >= 15 is 0 Å². The van der Waals surface area contributed by atoms with Gasteiger partial charge in [-0.1, -0.05) is 30.3 Å². The van der Waals surface area contributed by atoms with Crippen LogP contribution in [0.3, 0.4) is 0 Å². The molecule has 0 saturated heterocycles.